The van der Waals surface area contributed by atoms with Crippen molar-refractivity contribution < 1.29 is 29.3 Å². The van der Waals surface area contributed by atoms with Gasteiger partial charge in [-0.05, 0) is 85.0 Å². The van der Waals surface area contributed by atoms with Crippen LogP contribution in [0.2, 0.25) is 6.32 Å². The first-order valence-corrected chi connectivity index (χ1v) is 16.4. The third kappa shape index (κ3) is 6.19. The number of amides is 2. The van der Waals surface area contributed by atoms with Gasteiger partial charge < -0.3 is 14.8 Å². The molecule has 9 nitrogen and oxygen atoms in total. The number of hydrogen-bond donors (Lipinski definition) is 2. The Kier molecular flexibility index (Phi) is 9.26. The lowest BCUT2D eigenvalue weighted by molar-refractivity contribution is -0.384. The Hall–Kier alpha value is -4.06. The quantitative estimate of drug-likeness (QED) is 0.0610. The van der Waals surface area contributed by atoms with Crippen molar-refractivity contribution >= 4 is 57.9 Å². The summed E-state index contributed by atoms with van der Waals surface area (Å²) in [4.78, 5) is 39.8. The van der Waals surface area contributed by atoms with Gasteiger partial charge in [0.05, 0.1) is 28.6 Å². The van der Waals surface area contributed by atoms with Crippen molar-refractivity contribution in [2.75, 3.05) is 4.90 Å². The number of non-ortho nitro benzene ring substituents is 1. The SMILES string of the molecule is CCCC1=C2[C@@H](CC/C(=C/c3cc(Br)ccc3O)c3ccccc3)OB(O)C[C@@H]2[C@@H]2C(=O)N(c3cccc([N+](=O)[O-])c3)C(=O)[C@@H]2C1. The molecule has 4 atom stereocenters. The molecule has 2 aliphatic heterocycles. The van der Waals surface area contributed by atoms with Crippen LogP contribution < -0.4 is 4.90 Å². The maximum Gasteiger partial charge on any atom is 0.455 e. The molecule has 11 heteroatoms. The van der Waals surface area contributed by atoms with Crippen molar-refractivity contribution in [1.82, 2.24) is 0 Å². The zero-order chi connectivity index (χ0) is 32.5. The summed E-state index contributed by atoms with van der Waals surface area (Å²) in [6.07, 6.45) is 4.72. The Morgan fingerprint density at radius 1 is 1.09 bits per heavy atom. The van der Waals surface area contributed by atoms with Gasteiger partial charge in [0.15, 0.2) is 0 Å². The van der Waals surface area contributed by atoms with Crippen LogP contribution in [0.4, 0.5) is 11.4 Å². The first-order valence-electron chi connectivity index (χ1n) is 15.6. The number of phenols is 1. The van der Waals surface area contributed by atoms with Gasteiger partial charge in [0.1, 0.15) is 5.75 Å². The lowest BCUT2D eigenvalue weighted by Gasteiger charge is -2.43. The highest BCUT2D eigenvalue weighted by atomic mass is 79.9. The summed E-state index contributed by atoms with van der Waals surface area (Å²) in [6.45, 7) is 2.07. The third-order valence-electron chi connectivity index (χ3n) is 9.30. The Morgan fingerprint density at radius 3 is 2.61 bits per heavy atom. The monoisotopic (exact) mass is 684 g/mol. The molecule has 3 aliphatic rings. The molecule has 0 spiro atoms. The van der Waals surface area contributed by atoms with Gasteiger partial charge in [0, 0.05) is 22.2 Å². The number of carbonyl (C=O) groups excluding carboxylic acids is 2. The first kappa shape index (κ1) is 31.9. The maximum absolute atomic E-state index is 14.0. The van der Waals surface area contributed by atoms with Crippen molar-refractivity contribution in [3.8, 4) is 5.75 Å². The van der Waals surface area contributed by atoms with E-state index in [2.05, 4.69) is 22.9 Å². The topological polar surface area (TPSA) is 130 Å². The van der Waals surface area contributed by atoms with Crippen LogP contribution in [-0.4, -0.2) is 40.1 Å². The van der Waals surface area contributed by atoms with E-state index in [4.69, 9.17) is 4.65 Å². The number of imide groups is 1. The number of carbonyl (C=O) groups is 2. The molecule has 2 fully saturated rings. The van der Waals surface area contributed by atoms with Gasteiger partial charge in [-0.1, -0.05) is 71.2 Å². The summed E-state index contributed by atoms with van der Waals surface area (Å²) in [5.41, 5.74) is 4.71. The van der Waals surface area contributed by atoms with Crippen LogP contribution in [0, 0.1) is 27.9 Å². The number of fused-ring (bicyclic) bond motifs is 3. The molecule has 0 aromatic heterocycles. The minimum Gasteiger partial charge on any atom is -0.507 e. The minimum atomic E-state index is -1.12. The van der Waals surface area contributed by atoms with Crippen LogP contribution in [0.1, 0.15) is 50.2 Å². The predicted octanol–water partition coefficient (Wildman–Crippen LogP) is 7.19. The number of anilines is 1. The molecule has 2 heterocycles. The fourth-order valence-electron chi connectivity index (χ4n) is 7.37. The standard InChI is InChI=1S/C35H34BBrN2O7/c1-2-7-23-18-28-33(35(42)38(34(28)41)26-10-6-11-27(19-26)39(44)45)29-20-36(43)46-31(32(23)29)15-12-22(21-8-4-3-5-9-21)16-24-17-25(37)13-14-30(24)40/h3-6,8-11,13-14,16-17,19,28-29,31,33,40,43H,2,7,12,15,18,20H2,1H3/b22-16-/t28-,29+,31-,33-/m1/s1. The lowest BCUT2D eigenvalue weighted by atomic mass is 9.58. The summed E-state index contributed by atoms with van der Waals surface area (Å²) < 4.78 is 7.04. The molecule has 3 aromatic carbocycles. The second kappa shape index (κ2) is 13.4. The molecule has 2 amide bonds. The minimum absolute atomic E-state index is 0.157. The molecule has 2 saturated heterocycles. The molecule has 1 aliphatic carbocycles. The van der Waals surface area contributed by atoms with Crippen LogP contribution in [0.3, 0.4) is 0 Å². The van der Waals surface area contributed by atoms with Crippen LogP contribution >= 0.6 is 15.9 Å². The highest BCUT2D eigenvalue weighted by Gasteiger charge is 2.57. The van der Waals surface area contributed by atoms with Crippen LogP contribution in [-0.2, 0) is 14.2 Å². The van der Waals surface area contributed by atoms with Crippen molar-refractivity contribution in [2.24, 2.45) is 17.8 Å². The molecule has 0 radical (unpaired) electrons. The number of nitro groups is 1. The Balaban J connectivity index is 1.34. The smallest absolute Gasteiger partial charge is 0.455 e. The molecule has 6 rings (SSSR count). The number of nitro benzene ring substituents is 1. The molecule has 3 aromatic rings. The zero-order valence-electron chi connectivity index (χ0n) is 25.3. The van der Waals surface area contributed by atoms with E-state index in [0.717, 1.165) is 44.5 Å². The number of hydrogen-bond acceptors (Lipinski definition) is 7. The summed E-state index contributed by atoms with van der Waals surface area (Å²) in [6, 6.07) is 20.8. The number of phenolic OH excluding ortho intramolecular Hbond substituents is 1. The fourth-order valence-corrected chi connectivity index (χ4v) is 7.75. The van der Waals surface area contributed by atoms with E-state index < -0.39 is 41.8 Å². The number of rotatable bonds is 9. The Bertz CT molecular complexity index is 1740. The van der Waals surface area contributed by atoms with Gasteiger partial charge in [-0.15, -0.1) is 0 Å². The van der Waals surface area contributed by atoms with Crippen molar-refractivity contribution in [1.29, 1.82) is 0 Å². The normalized spacial score (nSPS) is 23.1. The Morgan fingerprint density at radius 2 is 1.87 bits per heavy atom. The van der Waals surface area contributed by atoms with Gasteiger partial charge in [-0.2, -0.15) is 0 Å². The molecular formula is C35H34BBrN2O7. The van der Waals surface area contributed by atoms with Crippen LogP contribution in [0.5, 0.6) is 5.75 Å². The molecule has 0 bridgehead atoms. The number of benzene rings is 3. The number of aromatic hydroxyl groups is 1. The largest absolute Gasteiger partial charge is 0.507 e. The van der Waals surface area contributed by atoms with E-state index in [1.165, 1.54) is 18.2 Å². The molecule has 0 unspecified atom stereocenters. The first-order chi connectivity index (χ1) is 22.2. The summed E-state index contributed by atoms with van der Waals surface area (Å²) in [5, 5.41) is 33.0. The summed E-state index contributed by atoms with van der Waals surface area (Å²) in [7, 11) is -1.12. The molecule has 0 saturated carbocycles. The van der Waals surface area contributed by atoms with E-state index in [0.29, 0.717) is 24.8 Å². The van der Waals surface area contributed by atoms with Crippen LogP contribution in [0.25, 0.3) is 11.6 Å². The van der Waals surface area contributed by atoms with Gasteiger partial charge in [-0.3, -0.25) is 19.7 Å². The fraction of sp³-hybridized carbons (Fsp3) is 0.314. The number of nitrogens with zero attached hydrogens (tertiary/aromatic N) is 2. The maximum atomic E-state index is 14.0. The summed E-state index contributed by atoms with van der Waals surface area (Å²) >= 11 is 3.49. The highest BCUT2D eigenvalue weighted by Crippen LogP contribution is 2.52. The van der Waals surface area contributed by atoms with Gasteiger partial charge in [0.25, 0.3) is 5.69 Å². The molecule has 46 heavy (non-hydrogen) atoms. The second-order valence-corrected chi connectivity index (χ2v) is 13.0. The highest BCUT2D eigenvalue weighted by molar-refractivity contribution is 9.10. The second-order valence-electron chi connectivity index (χ2n) is 12.1. The Labute approximate surface area is 276 Å². The van der Waals surface area contributed by atoms with E-state index in [-0.39, 0.29) is 29.4 Å². The van der Waals surface area contributed by atoms with E-state index in [9.17, 15) is 29.8 Å². The van der Waals surface area contributed by atoms with Gasteiger partial charge in [-0.25, -0.2) is 4.90 Å². The van der Waals surface area contributed by atoms with Crippen molar-refractivity contribution in [3.63, 3.8) is 0 Å². The lowest BCUT2D eigenvalue weighted by Crippen LogP contribution is -2.46. The van der Waals surface area contributed by atoms with E-state index in [1.54, 1.807) is 18.2 Å². The third-order valence-corrected chi connectivity index (χ3v) is 9.79. The molecule has 2 N–H and O–H groups in total. The van der Waals surface area contributed by atoms with E-state index in [1.807, 2.05) is 42.5 Å². The zero-order valence-corrected chi connectivity index (χ0v) is 26.9. The van der Waals surface area contributed by atoms with Crippen LogP contribution in [0.15, 0.2) is 88.4 Å². The predicted molar refractivity (Wildman–Crippen MR) is 180 cm³/mol. The number of allylic oxidation sites excluding steroid dienone is 2. The average molecular weight is 685 g/mol. The number of halogens is 1. The van der Waals surface area contributed by atoms with E-state index >= 15 is 0 Å². The summed E-state index contributed by atoms with van der Waals surface area (Å²) in [5.74, 6) is -2.28. The van der Waals surface area contributed by atoms with Gasteiger partial charge in [0.2, 0.25) is 11.8 Å². The molecule has 236 valence electrons. The van der Waals surface area contributed by atoms with Crippen molar-refractivity contribution in [3.05, 3.63) is 110 Å². The molecular weight excluding hydrogens is 651 g/mol. The van der Waals surface area contributed by atoms with Gasteiger partial charge >= 0.3 is 7.12 Å². The average Bonchev–Trinajstić information content (AvgIpc) is 3.30. The van der Waals surface area contributed by atoms with Crippen molar-refractivity contribution in [2.45, 2.75) is 51.5 Å².